The molecule has 2 fully saturated rings. The Kier molecular flexibility index (Phi) is 4.56. The maximum Gasteiger partial charge on any atom is 0.494 e. The van der Waals surface area contributed by atoms with Gasteiger partial charge in [-0.1, -0.05) is 6.07 Å². The summed E-state index contributed by atoms with van der Waals surface area (Å²) in [5.74, 6) is -2.98. The van der Waals surface area contributed by atoms with Gasteiger partial charge in [0.05, 0.1) is 30.4 Å². The quantitative estimate of drug-likeness (QED) is 0.771. The molecule has 0 saturated carbocycles. The number of carbonyl (C=O) groups is 1. The third-order valence-electron chi connectivity index (χ3n) is 5.44. The highest BCUT2D eigenvalue weighted by Crippen LogP contribution is 2.37. The summed E-state index contributed by atoms with van der Waals surface area (Å²) in [5, 5.41) is 0. The third-order valence-corrected chi connectivity index (χ3v) is 5.44. The predicted octanol–water partition coefficient (Wildman–Crippen LogP) is 2.48. The van der Waals surface area contributed by atoms with E-state index in [1.165, 1.54) is 7.11 Å². The van der Waals surface area contributed by atoms with Gasteiger partial charge in [-0.25, -0.2) is 8.78 Å². The Hall–Kier alpha value is -1.67. The van der Waals surface area contributed by atoms with Gasteiger partial charge in [-0.3, -0.25) is 4.79 Å². The maximum atomic E-state index is 13.5. The first-order chi connectivity index (χ1) is 12.0. The third kappa shape index (κ3) is 3.32. The van der Waals surface area contributed by atoms with E-state index in [9.17, 15) is 13.6 Å². The van der Waals surface area contributed by atoms with E-state index in [0.29, 0.717) is 11.2 Å². The molecule has 0 radical (unpaired) electrons. The van der Waals surface area contributed by atoms with Crippen LogP contribution in [0, 0.1) is 0 Å². The lowest BCUT2D eigenvalue weighted by Crippen LogP contribution is -2.41. The molecule has 0 aromatic heterocycles. The zero-order chi connectivity index (χ0) is 19.3. The second kappa shape index (κ2) is 6.20. The molecule has 1 amide bonds. The number of alkyl halides is 2. The van der Waals surface area contributed by atoms with E-state index in [4.69, 9.17) is 14.0 Å². The Morgan fingerprint density at radius 2 is 1.81 bits per heavy atom. The molecular weight excluding hydrogens is 343 g/mol. The predicted molar refractivity (Wildman–Crippen MR) is 94.2 cm³/mol. The molecule has 0 N–H and O–H groups in total. The van der Waals surface area contributed by atoms with Gasteiger partial charge < -0.3 is 18.9 Å². The Morgan fingerprint density at radius 3 is 2.31 bits per heavy atom. The van der Waals surface area contributed by atoms with Crippen molar-refractivity contribution in [2.24, 2.45) is 0 Å². The van der Waals surface area contributed by atoms with Crippen LogP contribution in [0.4, 0.5) is 8.78 Å². The Balaban J connectivity index is 1.90. The van der Waals surface area contributed by atoms with Crippen molar-refractivity contribution in [1.29, 1.82) is 0 Å². The fraction of sp³-hybridized carbons (Fsp3) is 0.611. The van der Waals surface area contributed by atoms with E-state index in [1.807, 2.05) is 27.7 Å². The van der Waals surface area contributed by atoms with Gasteiger partial charge in [0.2, 0.25) is 0 Å². The molecule has 1 aromatic carbocycles. The summed E-state index contributed by atoms with van der Waals surface area (Å²) in [4.78, 5) is 13.9. The number of hydrogen-bond acceptors (Lipinski definition) is 4. The number of carbonyl (C=O) groups excluding carboxylic acids is 1. The zero-order valence-electron chi connectivity index (χ0n) is 15.8. The van der Waals surface area contributed by atoms with Crippen LogP contribution in [0.3, 0.4) is 0 Å². The molecule has 0 aliphatic carbocycles. The fourth-order valence-electron chi connectivity index (χ4n) is 3.10. The number of amides is 1. The highest BCUT2D eigenvalue weighted by molar-refractivity contribution is 6.62. The van der Waals surface area contributed by atoms with E-state index in [1.54, 1.807) is 18.2 Å². The van der Waals surface area contributed by atoms with Crippen LogP contribution < -0.4 is 10.2 Å². The number of likely N-dealkylation sites (tertiary alicyclic amines) is 1. The van der Waals surface area contributed by atoms with Gasteiger partial charge in [0.25, 0.3) is 11.8 Å². The van der Waals surface area contributed by atoms with Crippen molar-refractivity contribution in [3.63, 3.8) is 0 Å². The minimum absolute atomic E-state index is 0.0235. The van der Waals surface area contributed by atoms with Crippen LogP contribution in [0.2, 0.25) is 0 Å². The Labute approximate surface area is 152 Å². The van der Waals surface area contributed by atoms with Gasteiger partial charge in [0.1, 0.15) is 5.75 Å². The monoisotopic (exact) mass is 367 g/mol. The van der Waals surface area contributed by atoms with Crippen molar-refractivity contribution in [3.8, 4) is 5.75 Å². The van der Waals surface area contributed by atoms with Crippen LogP contribution in [0.25, 0.3) is 0 Å². The van der Waals surface area contributed by atoms with E-state index in [2.05, 4.69) is 0 Å². The van der Waals surface area contributed by atoms with Gasteiger partial charge in [0.15, 0.2) is 0 Å². The number of methoxy groups -OCH3 is 1. The van der Waals surface area contributed by atoms with Gasteiger partial charge >= 0.3 is 7.12 Å². The molecule has 2 saturated heterocycles. The molecule has 0 atom stereocenters. The molecule has 8 heteroatoms. The van der Waals surface area contributed by atoms with Crippen molar-refractivity contribution < 1.29 is 27.6 Å². The first-order valence-corrected chi connectivity index (χ1v) is 8.66. The number of rotatable bonds is 3. The molecule has 2 aliphatic heterocycles. The van der Waals surface area contributed by atoms with Gasteiger partial charge in [0, 0.05) is 13.0 Å². The van der Waals surface area contributed by atoms with Crippen LogP contribution in [0.15, 0.2) is 18.2 Å². The minimum Gasteiger partial charge on any atom is -0.496 e. The van der Waals surface area contributed by atoms with Crippen LogP contribution in [0.1, 0.15) is 44.5 Å². The molecule has 1 aromatic rings. The lowest BCUT2D eigenvalue weighted by atomic mass is 9.78. The second-order valence-electron chi connectivity index (χ2n) is 7.88. The largest absolute Gasteiger partial charge is 0.496 e. The highest BCUT2D eigenvalue weighted by atomic mass is 19.3. The molecule has 26 heavy (non-hydrogen) atoms. The van der Waals surface area contributed by atoms with Gasteiger partial charge in [-0.2, -0.15) is 0 Å². The van der Waals surface area contributed by atoms with Gasteiger partial charge in [-0.05, 0) is 45.3 Å². The van der Waals surface area contributed by atoms with Crippen LogP contribution in [-0.2, 0) is 9.31 Å². The number of halogens is 2. The van der Waals surface area contributed by atoms with Crippen molar-refractivity contribution in [2.75, 3.05) is 20.2 Å². The van der Waals surface area contributed by atoms with Crippen molar-refractivity contribution in [3.05, 3.63) is 23.8 Å². The van der Waals surface area contributed by atoms with E-state index >= 15 is 0 Å². The summed E-state index contributed by atoms with van der Waals surface area (Å²) in [5.41, 5.74) is -0.145. The first-order valence-electron chi connectivity index (χ1n) is 8.66. The fourth-order valence-corrected chi connectivity index (χ4v) is 3.10. The standard InChI is InChI=1S/C18H24BF2NO4/c1-16(2)17(3,4)26-19(25-16)12-6-7-14(24-5)13(10-12)15(23)22-9-8-18(20,21)11-22/h6-7,10H,8-9,11H2,1-5H3. The van der Waals surface area contributed by atoms with Crippen molar-refractivity contribution in [1.82, 2.24) is 4.90 Å². The molecule has 0 unspecified atom stereocenters. The summed E-state index contributed by atoms with van der Waals surface area (Å²) in [7, 11) is 0.802. The molecule has 0 spiro atoms. The van der Waals surface area contributed by atoms with E-state index in [0.717, 1.165) is 4.90 Å². The highest BCUT2D eigenvalue weighted by Gasteiger charge is 2.52. The van der Waals surface area contributed by atoms with E-state index < -0.39 is 36.7 Å². The summed E-state index contributed by atoms with van der Waals surface area (Å²) < 4.78 is 44.2. The number of hydrogen-bond donors (Lipinski definition) is 0. The summed E-state index contributed by atoms with van der Waals surface area (Å²) in [6, 6.07) is 5.01. The number of nitrogens with zero attached hydrogens (tertiary/aromatic N) is 1. The lowest BCUT2D eigenvalue weighted by Gasteiger charge is -2.32. The Bertz CT molecular complexity index is 707. The average molecular weight is 367 g/mol. The smallest absolute Gasteiger partial charge is 0.494 e. The molecule has 2 aliphatic rings. The zero-order valence-corrected chi connectivity index (χ0v) is 15.8. The van der Waals surface area contributed by atoms with Crippen molar-refractivity contribution >= 4 is 18.5 Å². The number of benzene rings is 1. The van der Waals surface area contributed by atoms with E-state index in [-0.39, 0.29) is 18.5 Å². The first kappa shape index (κ1) is 19.1. The molecular formula is C18H24BF2NO4. The maximum absolute atomic E-state index is 13.5. The van der Waals surface area contributed by atoms with Crippen LogP contribution in [-0.4, -0.2) is 55.2 Å². The SMILES string of the molecule is COc1ccc(B2OC(C)(C)C(C)(C)O2)cc1C(=O)N1CCC(F)(F)C1. The minimum atomic E-state index is -2.84. The van der Waals surface area contributed by atoms with Crippen molar-refractivity contribution in [2.45, 2.75) is 51.2 Å². The number of ether oxygens (including phenoxy) is 1. The normalized spacial score (nSPS) is 23.3. The second-order valence-corrected chi connectivity index (χ2v) is 7.88. The molecule has 142 valence electrons. The Morgan fingerprint density at radius 1 is 1.19 bits per heavy atom. The molecule has 3 rings (SSSR count). The molecule has 5 nitrogen and oxygen atoms in total. The van der Waals surface area contributed by atoms with Gasteiger partial charge in [-0.15, -0.1) is 0 Å². The summed E-state index contributed by atoms with van der Waals surface area (Å²) >= 11 is 0. The average Bonchev–Trinajstić information content (AvgIpc) is 3.02. The topological polar surface area (TPSA) is 48.0 Å². The lowest BCUT2D eigenvalue weighted by molar-refractivity contribution is 0.00578. The molecule has 2 heterocycles. The molecule has 0 bridgehead atoms. The summed E-state index contributed by atoms with van der Waals surface area (Å²) in [6.45, 7) is 7.21. The van der Waals surface area contributed by atoms with Crippen LogP contribution in [0.5, 0.6) is 5.75 Å². The van der Waals surface area contributed by atoms with Crippen LogP contribution >= 0.6 is 0 Å². The summed E-state index contributed by atoms with van der Waals surface area (Å²) in [6.07, 6.45) is -0.321.